The SMILES string of the molecule is CCOc1cc(CN2CCCC[C@@H]2c2nc(N(C)C)ncc2-c2ccncc2)ccc1OC. The van der Waals surface area contributed by atoms with Crippen molar-refractivity contribution in [2.45, 2.75) is 38.8 Å². The van der Waals surface area contributed by atoms with Crippen LogP contribution in [-0.4, -0.2) is 54.2 Å². The lowest BCUT2D eigenvalue weighted by Crippen LogP contribution is -2.34. The fraction of sp³-hybridized carbons (Fsp3) is 0.423. The van der Waals surface area contributed by atoms with Crippen molar-refractivity contribution in [2.75, 3.05) is 39.3 Å². The molecule has 1 atom stereocenters. The van der Waals surface area contributed by atoms with Crippen LogP contribution in [0.3, 0.4) is 0 Å². The van der Waals surface area contributed by atoms with Crippen LogP contribution in [0.2, 0.25) is 0 Å². The second-order valence-corrected chi connectivity index (χ2v) is 8.50. The lowest BCUT2D eigenvalue weighted by Gasteiger charge is -2.36. The minimum atomic E-state index is 0.210. The molecule has 0 saturated carbocycles. The zero-order chi connectivity index (χ0) is 23.2. The van der Waals surface area contributed by atoms with Gasteiger partial charge in [0, 0.05) is 44.8 Å². The van der Waals surface area contributed by atoms with Gasteiger partial charge in [-0.15, -0.1) is 0 Å². The molecule has 1 saturated heterocycles. The lowest BCUT2D eigenvalue weighted by atomic mass is 9.93. The summed E-state index contributed by atoms with van der Waals surface area (Å²) in [4.78, 5) is 18.3. The molecule has 33 heavy (non-hydrogen) atoms. The van der Waals surface area contributed by atoms with Crippen LogP contribution in [0.1, 0.15) is 43.5 Å². The van der Waals surface area contributed by atoms with Crippen LogP contribution in [0.4, 0.5) is 5.95 Å². The average Bonchev–Trinajstić information content (AvgIpc) is 2.85. The summed E-state index contributed by atoms with van der Waals surface area (Å²) in [7, 11) is 5.64. The molecule has 0 spiro atoms. The molecule has 0 aliphatic carbocycles. The number of hydrogen-bond donors (Lipinski definition) is 0. The second-order valence-electron chi connectivity index (χ2n) is 8.50. The average molecular weight is 448 g/mol. The molecule has 3 aromatic rings. The Bertz CT molecular complexity index is 1060. The number of benzene rings is 1. The molecular formula is C26H33N5O2. The Labute approximate surface area is 196 Å². The number of nitrogens with zero attached hydrogens (tertiary/aromatic N) is 5. The van der Waals surface area contributed by atoms with Crippen LogP contribution < -0.4 is 14.4 Å². The first kappa shape index (κ1) is 23.0. The summed E-state index contributed by atoms with van der Waals surface area (Å²) >= 11 is 0. The van der Waals surface area contributed by atoms with Gasteiger partial charge in [-0.1, -0.05) is 12.5 Å². The molecule has 7 heteroatoms. The molecule has 174 valence electrons. The van der Waals surface area contributed by atoms with Gasteiger partial charge in [0.05, 0.1) is 25.5 Å². The van der Waals surface area contributed by atoms with Gasteiger partial charge in [0.1, 0.15) is 0 Å². The summed E-state index contributed by atoms with van der Waals surface area (Å²) in [6.45, 7) is 4.45. The molecule has 0 bridgehead atoms. The number of ether oxygens (including phenoxy) is 2. The van der Waals surface area contributed by atoms with Crippen molar-refractivity contribution in [1.82, 2.24) is 19.9 Å². The van der Waals surface area contributed by atoms with E-state index in [0.717, 1.165) is 53.8 Å². The van der Waals surface area contributed by atoms with E-state index in [1.807, 2.05) is 62.7 Å². The van der Waals surface area contributed by atoms with Crippen molar-refractivity contribution < 1.29 is 9.47 Å². The maximum Gasteiger partial charge on any atom is 0.225 e. The molecule has 0 unspecified atom stereocenters. The van der Waals surface area contributed by atoms with Crippen molar-refractivity contribution in [2.24, 2.45) is 0 Å². The van der Waals surface area contributed by atoms with Gasteiger partial charge in [-0.2, -0.15) is 0 Å². The van der Waals surface area contributed by atoms with Gasteiger partial charge < -0.3 is 14.4 Å². The Balaban J connectivity index is 1.70. The Morgan fingerprint density at radius 3 is 2.64 bits per heavy atom. The smallest absolute Gasteiger partial charge is 0.225 e. The van der Waals surface area contributed by atoms with Crippen molar-refractivity contribution >= 4 is 5.95 Å². The highest BCUT2D eigenvalue weighted by Gasteiger charge is 2.29. The number of pyridine rings is 1. The van der Waals surface area contributed by atoms with Crippen LogP contribution in [0.15, 0.2) is 48.9 Å². The first-order valence-electron chi connectivity index (χ1n) is 11.6. The van der Waals surface area contributed by atoms with Gasteiger partial charge in [-0.25, -0.2) is 9.97 Å². The van der Waals surface area contributed by atoms with E-state index in [9.17, 15) is 0 Å². The zero-order valence-corrected chi connectivity index (χ0v) is 20.0. The molecule has 3 heterocycles. The maximum absolute atomic E-state index is 5.81. The number of likely N-dealkylation sites (tertiary alicyclic amines) is 1. The third kappa shape index (κ3) is 5.25. The van der Waals surface area contributed by atoms with E-state index in [-0.39, 0.29) is 6.04 Å². The molecule has 0 amide bonds. The van der Waals surface area contributed by atoms with Gasteiger partial charge in [-0.3, -0.25) is 9.88 Å². The van der Waals surface area contributed by atoms with E-state index < -0.39 is 0 Å². The molecule has 1 aromatic carbocycles. The minimum Gasteiger partial charge on any atom is -0.493 e. The Kier molecular flexibility index (Phi) is 7.40. The van der Waals surface area contributed by atoms with Gasteiger partial charge >= 0.3 is 0 Å². The Morgan fingerprint density at radius 2 is 1.91 bits per heavy atom. The monoisotopic (exact) mass is 447 g/mol. The van der Waals surface area contributed by atoms with Crippen molar-refractivity contribution in [1.29, 1.82) is 0 Å². The van der Waals surface area contributed by atoms with E-state index in [4.69, 9.17) is 14.5 Å². The summed E-state index contributed by atoms with van der Waals surface area (Å²) in [6.07, 6.45) is 9.04. The molecule has 2 aromatic heterocycles. The third-order valence-corrected chi connectivity index (χ3v) is 6.04. The largest absolute Gasteiger partial charge is 0.493 e. The predicted octanol–water partition coefficient (Wildman–Crippen LogP) is 4.74. The predicted molar refractivity (Wildman–Crippen MR) is 131 cm³/mol. The minimum absolute atomic E-state index is 0.210. The van der Waals surface area contributed by atoms with Crippen LogP contribution in [0.5, 0.6) is 11.5 Å². The number of methoxy groups -OCH3 is 1. The number of hydrogen-bond acceptors (Lipinski definition) is 7. The normalized spacial score (nSPS) is 16.4. The summed E-state index contributed by atoms with van der Waals surface area (Å²) in [5, 5.41) is 0. The number of aromatic nitrogens is 3. The van der Waals surface area contributed by atoms with E-state index in [1.165, 1.54) is 18.4 Å². The highest BCUT2D eigenvalue weighted by Crippen LogP contribution is 2.38. The van der Waals surface area contributed by atoms with Crippen LogP contribution in [0.25, 0.3) is 11.1 Å². The van der Waals surface area contributed by atoms with E-state index >= 15 is 0 Å². The first-order valence-corrected chi connectivity index (χ1v) is 11.6. The van der Waals surface area contributed by atoms with Crippen molar-refractivity contribution in [3.8, 4) is 22.6 Å². The number of piperidine rings is 1. The molecule has 0 N–H and O–H groups in total. The van der Waals surface area contributed by atoms with Crippen LogP contribution in [-0.2, 0) is 6.54 Å². The van der Waals surface area contributed by atoms with Crippen molar-refractivity contribution in [3.05, 3.63) is 60.2 Å². The Hall–Kier alpha value is -3.19. The number of anilines is 1. The topological polar surface area (TPSA) is 63.6 Å². The molecule has 7 nitrogen and oxygen atoms in total. The summed E-state index contributed by atoms with van der Waals surface area (Å²) in [5.74, 6) is 2.29. The lowest BCUT2D eigenvalue weighted by molar-refractivity contribution is 0.137. The fourth-order valence-corrected chi connectivity index (χ4v) is 4.42. The molecule has 0 radical (unpaired) electrons. The summed E-state index contributed by atoms with van der Waals surface area (Å²) in [5.41, 5.74) is 4.46. The summed E-state index contributed by atoms with van der Waals surface area (Å²) in [6, 6.07) is 10.5. The number of rotatable bonds is 8. The fourth-order valence-electron chi connectivity index (χ4n) is 4.42. The standard InChI is InChI=1S/C26H33N5O2/c1-5-33-24-16-19(9-10-23(24)32-4)18-31-15-7-6-8-22(31)25-21(20-11-13-27-14-12-20)17-28-26(29-25)30(2)3/h9-14,16-17,22H,5-8,15,18H2,1-4H3/t22-/m1/s1. The van der Waals surface area contributed by atoms with Gasteiger partial charge in [0.25, 0.3) is 0 Å². The maximum atomic E-state index is 5.81. The van der Waals surface area contributed by atoms with Gasteiger partial charge in [0.2, 0.25) is 5.95 Å². The van der Waals surface area contributed by atoms with Gasteiger partial charge in [-0.05, 0) is 61.7 Å². The molecule has 4 rings (SSSR count). The van der Waals surface area contributed by atoms with Gasteiger partial charge in [0.15, 0.2) is 11.5 Å². The first-order chi connectivity index (χ1) is 16.1. The third-order valence-electron chi connectivity index (χ3n) is 6.04. The second kappa shape index (κ2) is 10.6. The zero-order valence-electron chi connectivity index (χ0n) is 20.0. The van der Waals surface area contributed by atoms with Crippen LogP contribution >= 0.6 is 0 Å². The summed E-state index contributed by atoms with van der Waals surface area (Å²) < 4.78 is 11.3. The van der Waals surface area contributed by atoms with E-state index in [1.54, 1.807) is 7.11 Å². The highest BCUT2D eigenvalue weighted by atomic mass is 16.5. The molecule has 1 fully saturated rings. The molecule has 1 aliphatic heterocycles. The Morgan fingerprint density at radius 1 is 1.09 bits per heavy atom. The van der Waals surface area contributed by atoms with E-state index in [0.29, 0.717) is 6.61 Å². The molecular weight excluding hydrogens is 414 g/mol. The van der Waals surface area contributed by atoms with E-state index in [2.05, 4.69) is 27.0 Å². The highest BCUT2D eigenvalue weighted by molar-refractivity contribution is 5.66. The van der Waals surface area contributed by atoms with Crippen LogP contribution in [0, 0.1) is 0 Å². The van der Waals surface area contributed by atoms with Crippen molar-refractivity contribution in [3.63, 3.8) is 0 Å². The quantitative estimate of drug-likeness (QED) is 0.494. The molecule has 1 aliphatic rings.